The molecule has 0 aliphatic carbocycles. The highest BCUT2D eigenvalue weighted by atomic mass is 35.5. The number of aliphatic hydroxyl groups is 1. The number of aliphatic hydroxyl groups excluding tert-OH is 1. The molecule has 1 aromatic heterocycles. The highest BCUT2D eigenvalue weighted by molar-refractivity contribution is 8.00. The summed E-state index contributed by atoms with van der Waals surface area (Å²) < 4.78 is 24.9. The third kappa shape index (κ3) is 5.76. The van der Waals surface area contributed by atoms with Crippen LogP contribution in [0.25, 0.3) is 5.76 Å². The number of amides is 1. The Kier molecular flexibility index (Phi) is 8.50. The second-order valence-electron chi connectivity index (χ2n) is 8.67. The lowest BCUT2D eigenvalue weighted by Gasteiger charge is -2.23. The lowest BCUT2D eigenvalue weighted by Crippen LogP contribution is -2.29. The molecular formula is C28H20Cl2FN3O5S2. The number of aromatic nitrogens is 2. The summed E-state index contributed by atoms with van der Waals surface area (Å²) in [6.45, 7) is 0. The van der Waals surface area contributed by atoms with Crippen LogP contribution in [0.5, 0.6) is 11.5 Å². The number of hydrogen-bond acceptors (Lipinski definition) is 9. The lowest BCUT2D eigenvalue weighted by molar-refractivity contribution is -0.132. The fraction of sp³-hybridized carbons (Fsp3) is 0.143. The van der Waals surface area contributed by atoms with Gasteiger partial charge in [-0.2, -0.15) is 0 Å². The Bertz CT molecular complexity index is 1680. The van der Waals surface area contributed by atoms with Crippen molar-refractivity contribution in [1.82, 2.24) is 10.2 Å². The van der Waals surface area contributed by atoms with E-state index in [0.717, 1.165) is 29.0 Å². The molecule has 8 nitrogen and oxygen atoms in total. The average Bonchev–Trinajstić information content (AvgIpc) is 3.54. The molecule has 1 aliphatic rings. The van der Waals surface area contributed by atoms with Crippen molar-refractivity contribution in [3.8, 4) is 11.5 Å². The third-order valence-electron chi connectivity index (χ3n) is 6.25. The molecule has 1 fully saturated rings. The van der Waals surface area contributed by atoms with Crippen molar-refractivity contribution in [3.05, 3.63) is 98.8 Å². The van der Waals surface area contributed by atoms with E-state index in [1.165, 1.54) is 43.0 Å². The topological polar surface area (TPSA) is 102 Å². The van der Waals surface area contributed by atoms with Gasteiger partial charge in [-0.05, 0) is 59.7 Å². The van der Waals surface area contributed by atoms with Crippen molar-refractivity contribution < 1.29 is 28.6 Å². The summed E-state index contributed by atoms with van der Waals surface area (Å²) in [6, 6.07) is 13.9. The van der Waals surface area contributed by atoms with Crippen LogP contribution in [0.2, 0.25) is 10.0 Å². The van der Waals surface area contributed by atoms with Crippen molar-refractivity contribution in [2.24, 2.45) is 0 Å². The highest BCUT2D eigenvalue weighted by Gasteiger charge is 2.48. The van der Waals surface area contributed by atoms with Gasteiger partial charge in [0.05, 0.1) is 25.8 Å². The first-order valence-electron chi connectivity index (χ1n) is 11.9. The van der Waals surface area contributed by atoms with Gasteiger partial charge in [0.25, 0.3) is 5.78 Å². The Morgan fingerprint density at radius 3 is 2.44 bits per heavy atom. The number of hydrogen-bond donors (Lipinski definition) is 1. The Morgan fingerprint density at radius 1 is 1.02 bits per heavy atom. The predicted octanol–water partition coefficient (Wildman–Crippen LogP) is 6.92. The maximum absolute atomic E-state index is 13.6. The van der Waals surface area contributed by atoms with Gasteiger partial charge >= 0.3 is 5.91 Å². The van der Waals surface area contributed by atoms with E-state index in [1.807, 2.05) is 6.07 Å². The van der Waals surface area contributed by atoms with Crippen molar-refractivity contribution >= 4 is 68.9 Å². The minimum absolute atomic E-state index is 0.148. The van der Waals surface area contributed by atoms with Gasteiger partial charge in [-0.3, -0.25) is 14.5 Å². The number of Topliss-reactive ketones (excluding diaryl/α,β-unsaturated/α-hetero) is 1. The van der Waals surface area contributed by atoms with Gasteiger partial charge < -0.3 is 14.6 Å². The summed E-state index contributed by atoms with van der Waals surface area (Å²) in [5, 5.41) is 20.8. The standard InChI is InChI=1S/C28H20Cl2FN3O5S2/c1-38-20-10-6-15(11-21(20)39-2)23-22(24(35)14-4-8-18(31)9-5-14)25(36)26(37)34(23)27-32-33-28(41-27)40-13-16-3-7-17(29)12-19(16)30/h3-12,23,35H,13H2,1-2H3/b24-22-. The van der Waals surface area contributed by atoms with Crippen LogP contribution in [-0.2, 0) is 15.3 Å². The summed E-state index contributed by atoms with van der Waals surface area (Å²) in [6.07, 6.45) is 0. The Hall–Kier alpha value is -3.64. The molecule has 3 aromatic carbocycles. The number of benzene rings is 3. The van der Waals surface area contributed by atoms with Crippen LogP contribution in [-0.4, -0.2) is 41.2 Å². The molecule has 2 heterocycles. The maximum Gasteiger partial charge on any atom is 0.301 e. The summed E-state index contributed by atoms with van der Waals surface area (Å²) in [5.41, 5.74) is 1.26. The van der Waals surface area contributed by atoms with Gasteiger partial charge in [0.15, 0.2) is 15.8 Å². The Labute approximate surface area is 252 Å². The quantitative estimate of drug-likeness (QED) is 0.0735. The summed E-state index contributed by atoms with van der Waals surface area (Å²) in [4.78, 5) is 28.0. The molecule has 1 aliphatic heterocycles. The number of nitrogens with zero attached hydrogens (tertiary/aromatic N) is 3. The minimum Gasteiger partial charge on any atom is -0.507 e. The molecule has 0 bridgehead atoms. The van der Waals surface area contributed by atoms with E-state index in [4.69, 9.17) is 32.7 Å². The van der Waals surface area contributed by atoms with Crippen molar-refractivity contribution in [3.63, 3.8) is 0 Å². The molecule has 1 N–H and O–H groups in total. The van der Waals surface area contributed by atoms with E-state index in [0.29, 0.717) is 37.2 Å². The van der Waals surface area contributed by atoms with E-state index < -0.39 is 29.3 Å². The van der Waals surface area contributed by atoms with Crippen LogP contribution in [0, 0.1) is 5.82 Å². The molecule has 5 rings (SSSR count). The Balaban J connectivity index is 1.57. The van der Waals surface area contributed by atoms with Crippen LogP contribution in [0.3, 0.4) is 0 Å². The summed E-state index contributed by atoms with van der Waals surface area (Å²) in [7, 11) is 2.94. The zero-order chi connectivity index (χ0) is 29.3. The number of thioether (sulfide) groups is 1. The van der Waals surface area contributed by atoms with Crippen molar-refractivity contribution in [2.45, 2.75) is 16.1 Å². The maximum atomic E-state index is 13.6. The second kappa shape index (κ2) is 12.1. The van der Waals surface area contributed by atoms with Gasteiger partial charge in [-0.1, -0.05) is 58.4 Å². The lowest BCUT2D eigenvalue weighted by atomic mass is 9.95. The van der Waals surface area contributed by atoms with E-state index >= 15 is 0 Å². The van der Waals surface area contributed by atoms with E-state index in [9.17, 15) is 19.1 Å². The molecule has 0 radical (unpaired) electrons. The fourth-order valence-electron chi connectivity index (χ4n) is 4.27. The highest BCUT2D eigenvalue weighted by Crippen LogP contribution is 2.45. The zero-order valence-corrected chi connectivity index (χ0v) is 24.6. The van der Waals surface area contributed by atoms with E-state index in [2.05, 4.69) is 10.2 Å². The van der Waals surface area contributed by atoms with Crippen LogP contribution >= 0.6 is 46.3 Å². The number of carbonyl (C=O) groups is 2. The van der Waals surface area contributed by atoms with Gasteiger partial charge in [0.1, 0.15) is 11.6 Å². The summed E-state index contributed by atoms with van der Waals surface area (Å²) >= 11 is 14.7. The number of carbonyl (C=O) groups excluding carboxylic acids is 2. The van der Waals surface area contributed by atoms with Gasteiger partial charge in [-0.15, -0.1) is 10.2 Å². The van der Waals surface area contributed by atoms with E-state index in [-0.39, 0.29) is 16.3 Å². The molecule has 1 amide bonds. The normalized spacial score (nSPS) is 16.3. The molecule has 41 heavy (non-hydrogen) atoms. The van der Waals surface area contributed by atoms with Gasteiger partial charge in [-0.25, -0.2) is 4.39 Å². The first-order chi connectivity index (χ1) is 19.7. The SMILES string of the molecule is COc1ccc(C2/C(=C(/O)c3ccc(F)cc3)C(=O)C(=O)N2c2nnc(SCc3ccc(Cl)cc3Cl)s2)cc1OC. The van der Waals surface area contributed by atoms with Crippen LogP contribution in [0.1, 0.15) is 22.7 Å². The smallest absolute Gasteiger partial charge is 0.301 e. The molecule has 210 valence electrons. The molecule has 13 heteroatoms. The number of ether oxygens (including phenoxy) is 2. The average molecular weight is 633 g/mol. The van der Waals surface area contributed by atoms with Gasteiger partial charge in [0, 0.05) is 21.4 Å². The molecule has 1 atom stereocenters. The third-order valence-corrected chi connectivity index (χ3v) is 8.95. The van der Waals surface area contributed by atoms with Crippen LogP contribution in [0.4, 0.5) is 9.52 Å². The molecule has 1 saturated heterocycles. The number of rotatable bonds is 8. The summed E-state index contributed by atoms with van der Waals surface area (Å²) in [5.74, 6) is -1.55. The minimum atomic E-state index is -1.09. The van der Waals surface area contributed by atoms with Crippen LogP contribution in [0.15, 0.2) is 70.6 Å². The fourth-order valence-corrected chi connectivity index (χ4v) is 6.69. The van der Waals surface area contributed by atoms with Crippen molar-refractivity contribution in [2.75, 3.05) is 19.1 Å². The predicted molar refractivity (Wildman–Crippen MR) is 157 cm³/mol. The first-order valence-corrected chi connectivity index (χ1v) is 14.5. The second-order valence-corrected chi connectivity index (χ2v) is 11.7. The monoisotopic (exact) mass is 631 g/mol. The molecule has 0 saturated carbocycles. The molecular weight excluding hydrogens is 612 g/mol. The number of methoxy groups -OCH3 is 2. The number of anilines is 1. The molecule has 4 aromatic rings. The number of halogens is 3. The zero-order valence-electron chi connectivity index (χ0n) is 21.4. The van der Waals surface area contributed by atoms with Crippen molar-refractivity contribution in [1.29, 1.82) is 0 Å². The van der Waals surface area contributed by atoms with Crippen LogP contribution < -0.4 is 14.4 Å². The molecule has 1 unspecified atom stereocenters. The number of ketones is 1. The van der Waals surface area contributed by atoms with Gasteiger partial charge in [0.2, 0.25) is 5.13 Å². The largest absolute Gasteiger partial charge is 0.507 e. The Morgan fingerprint density at radius 2 is 1.76 bits per heavy atom. The molecule has 0 spiro atoms. The first kappa shape index (κ1) is 28.9. The van der Waals surface area contributed by atoms with E-state index in [1.54, 1.807) is 30.3 Å².